The average molecular weight is 321 g/mol. The molecule has 1 aromatic carbocycles. The van der Waals surface area contributed by atoms with Gasteiger partial charge in [0.2, 0.25) is 0 Å². The number of benzene rings is 1. The molecule has 1 heterocycles. The van der Waals surface area contributed by atoms with E-state index in [4.69, 9.17) is 9.05 Å². The molecule has 10 heteroatoms. The molecule has 0 aliphatic heterocycles. The summed E-state index contributed by atoms with van der Waals surface area (Å²) < 4.78 is 22.4. The van der Waals surface area contributed by atoms with E-state index in [0.717, 1.165) is 0 Å². The van der Waals surface area contributed by atoms with E-state index >= 15 is 0 Å². The Morgan fingerprint density at radius 2 is 1.95 bits per heavy atom. The second-order valence-electron chi connectivity index (χ2n) is 4.23. The lowest BCUT2D eigenvalue weighted by Crippen LogP contribution is -2.32. The van der Waals surface area contributed by atoms with Crippen molar-refractivity contribution in [2.24, 2.45) is 0 Å². The summed E-state index contributed by atoms with van der Waals surface area (Å²) in [5, 5.41) is 34.5. The smallest absolute Gasteiger partial charge is 0.423 e. The second kappa shape index (κ2) is 6.44. The zero-order valence-corrected chi connectivity index (χ0v) is 12.7. The number of nitrogens with zero attached hydrogens (tertiary/aromatic N) is 2. The highest BCUT2D eigenvalue weighted by Crippen LogP contribution is 2.47. The fraction of sp³-hybridized carbons (Fsp3) is 0.167. The second-order valence-corrected chi connectivity index (χ2v) is 6.40. The van der Waals surface area contributed by atoms with Crippen LogP contribution in [0.5, 0.6) is 0 Å². The lowest BCUT2D eigenvalue weighted by molar-refractivity contribution is 0.286. The van der Waals surface area contributed by atoms with Gasteiger partial charge in [0.15, 0.2) is 11.1 Å². The lowest BCUT2D eigenvalue weighted by atomic mass is 9.75. The van der Waals surface area contributed by atoms with Crippen molar-refractivity contribution in [3.63, 3.8) is 0 Å². The Bertz CT molecular complexity index is 762. The fourth-order valence-corrected chi connectivity index (χ4v) is 3.26. The first-order chi connectivity index (χ1) is 10.5. The highest BCUT2D eigenvalue weighted by atomic mass is 31.2. The van der Waals surface area contributed by atoms with Crippen molar-refractivity contribution in [1.82, 2.24) is 10.2 Å². The third kappa shape index (κ3) is 2.71. The standard InChI is InChI=1S/C12H13BN3O5P/c1-20-22(19,21-2)12-11(10(7-14)15-16-12)8-5-3-4-6-9(8)13(17)18/h3-6,17-18H,1-2H3,(H,15,16). The normalized spacial score (nSPS) is 11.2. The minimum atomic E-state index is -3.71. The molecule has 114 valence electrons. The van der Waals surface area contributed by atoms with Crippen LogP contribution < -0.4 is 10.9 Å². The first-order valence-corrected chi connectivity index (χ1v) is 7.68. The quantitative estimate of drug-likeness (QED) is 0.511. The molecule has 0 aliphatic carbocycles. The number of nitriles is 1. The number of aromatic amines is 1. The molecular weight excluding hydrogens is 308 g/mol. The van der Waals surface area contributed by atoms with Crippen LogP contribution in [0.3, 0.4) is 0 Å². The van der Waals surface area contributed by atoms with Gasteiger partial charge in [-0.2, -0.15) is 10.4 Å². The predicted octanol–water partition coefficient (Wildman–Crippen LogP) is -0.261. The molecule has 0 aliphatic rings. The van der Waals surface area contributed by atoms with Crippen LogP contribution in [-0.2, 0) is 13.6 Å². The van der Waals surface area contributed by atoms with Gasteiger partial charge in [-0.1, -0.05) is 24.3 Å². The maximum Gasteiger partial charge on any atom is 0.489 e. The molecule has 1 aromatic heterocycles. The molecule has 0 bridgehead atoms. The van der Waals surface area contributed by atoms with Crippen LogP contribution in [0.25, 0.3) is 11.1 Å². The summed E-state index contributed by atoms with van der Waals surface area (Å²) in [6.07, 6.45) is 0. The van der Waals surface area contributed by atoms with E-state index < -0.39 is 14.7 Å². The minimum absolute atomic E-state index is 0.0258. The van der Waals surface area contributed by atoms with Crippen LogP contribution in [0, 0.1) is 11.3 Å². The molecule has 0 atom stereocenters. The Hall–Kier alpha value is -1.95. The number of hydrogen-bond donors (Lipinski definition) is 3. The van der Waals surface area contributed by atoms with E-state index in [2.05, 4.69) is 10.2 Å². The van der Waals surface area contributed by atoms with Gasteiger partial charge in [0.05, 0.1) is 5.56 Å². The van der Waals surface area contributed by atoms with E-state index in [1.54, 1.807) is 18.2 Å². The van der Waals surface area contributed by atoms with Crippen LogP contribution in [0.4, 0.5) is 0 Å². The van der Waals surface area contributed by atoms with Crippen molar-refractivity contribution in [2.75, 3.05) is 14.2 Å². The molecule has 0 saturated carbocycles. The van der Waals surface area contributed by atoms with Gasteiger partial charge in [-0.25, -0.2) is 0 Å². The van der Waals surface area contributed by atoms with Gasteiger partial charge in [0.25, 0.3) is 0 Å². The summed E-state index contributed by atoms with van der Waals surface area (Å²) in [6, 6.07) is 8.14. The molecule has 0 unspecified atom stereocenters. The number of aromatic nitrogens is 2. The van der Waals surface area contributed by atoms with Crippen molar-refractivity contribution in [2.45, 2.75) is 0 Å². The van der Waals surface area contributed by atoms with E-state index in [-0.39, 0.29) is 22.2 Å². The monoisotopic (exact) mass is 321 g/mol. The van der Waals surface area contributed by atoms with E-state index in [1.807, 2.05) is 6.07 Å². The number of hydrogen-bond acceptors (Lipinski definition) is 7. The molecule has 0 amide bonds. The molecule has 0 spiro atoms. The van der Waals surface area contributed by atoms with Crippen molar-refractivity contribution in [1.29, 1.82) is 5.26 Å². The van der Waals surface area contributed by atoms with Crippen molar-refractivity contribution >= 4 is 25.6 Å². The van der Waals surface area contributed by atoms with Gasteiger partial charge in [-0.05, 0) is 11.0 Å². The molecule has 0 fully saturated rings. The fourth-order valence-electron chi connectivity index (χ4n) is 2.07. The van der Waals surface area contributed by atoms with E-state index in [0.29, 0.717) is 5.56 Å². The molecule has 22 heavy (non-hydrogen) atoms. The van der Waals surface area contributed by atoms with Gasteiger partial charge in [0.1, 0.15) is 6.07 Å². The van der Waals surface area contributed by atoms with Crippen LogP contribution in [0.1, 0.15) is 5.69 Å². The lowest BCUT2D eigenvalue weighted by Gasteiger charge is -2.15. The van der Waals surface area contributed by atoms with Crippen molar-refractivity contribution < 1.29 is 23.7 Å². The minimum Gasteiger partial charge on any atom is -0.423 e. The maximum atomic E-state index is 12.6. The molecule has 0 saturated heterocycles. The topological polar surface area (TPSA) is 128 Å². The Labute approximate surface area is 127 Å². The molecular formula is C12H13BN3O5P. The Kier molecular flexibility index (Phi) is 4.81. The average Bonchev–Trinajstić information content (AvgIpc) is 2.98. The van der Waals surface area contributed by atoms with Crippen LogP contribution in [-0.4, -0.2) is 41.6 Å². The third-order valence-electron chi connectivity index (χ3n) is 3.12. The Morgan fingerprint density at radius 3 is 2.50 bits per heavy atom. The van der Waals surface area contributed by atoms with Gasteiger partial charge in [0, 0.05) is 14.2 Å². The van der Waals surface area contributed by atoms with Gasteiger partial charge in [-0.3, -0.25) is 9.66 Å². The summed E-state index contributed by atoms with van der Waals surface area (Å²) >= 11 is 0. The van der Waals surface area contributed by atoms with Gasteiger partial charge >= 0.3 is 14.7 Å². The molecule has 2 aromatic rings. The zero-order chi connectivity index (χ0) is 16.3. The summed E-state index contributed by atoms with van der Waals surface area (Å²) in [5.74, 6) is 0. The summed E-state index contributed by atoms with van der Waals surface area (Å²) in [5.41, 5.74) is 0.505. The summed E-state index contributed by atoms with van der Waals surface area (Å²) in [7, 11) is -3.08. The first kappa shape index (κ1) is 16.4. The van der Waals surface area contributed by atoms with Crippen molar-refractivity contribution in [3.8, 4) is 17.2 Å². The summed E-state index contributed by atoms with van der Waals surface area (Å²) in [4.78, 5) is 0. The predicted molar refractivity (Wildman–Crippen MR) is 79.8 cm³/mol. The largest absolute Gasteiger partial charge is 0.489 e. The highest BCUT2D eigenvalue weighted by molar-refractivity contribution is 7.62. The molecule has 8 nitrogen and oxygen atoms in total. The third-order valence-corrected chi connectivity index (χ3v) is 4.95. The molecule has 0 radical (unpaired) electrons. The van der Waals surface area contributed by atoms with Crippen molar-refractivity contribution in [3.05, 3.63) is 30.0 Å². The molecule has 2 rings (SSSR count). The summed E-state index contributed by atoms with van der Waals surface area (Å²) in [6.45, 7) is 0. The van der Waals surface area contributed by atoms with E-state index in [9.17, 15) is 19.9 Å². The Morgan fingerprint density at radius 1 is 1.32 bits per heavy atom. The number of H-pyrrole nitrogens is 1. The van der Waals surface area contributed by atoms with Crippen LogP contribution in [0.15, 0.2) is 24.3 Å². The van der Waals surface area contributed by atoms with Crippen LogP contribution in [0.2, 0.25) is 0 Å². The Balaban J connectivity index is 2.79. The zero-order valence-electron chi connectivity index (χ0n) is 11.8. The first-order valence-electron chi connectivity index (χ1n) is 6.14. The molecule has 3 N–H and O–H groups in total. The van der Waals surface area contributed by atoms with Gasteiger partial charge in [-0.15, -0.1) is 0 Å². The number of rotatable bonds is 5. The highest BCUT2D eigenvalue weighted by Gasteiger charge is 2.34. The van der Waals surface area contributed by atoms with Crippen LogP contribution >= 0.6 is 7.60 Å². The van der Waals surface area contributed by atoms with E-state index in [1.165, 1.54) is 20.3 Å². The maximum absolute atomic E-state index is 12.6. The van der Waals surface area contributed by atoms with Gasteiger partial charge < -0.3 is 19.1 Å². The number of nitrogens with one attached hydrogen (secondary N) is 1. The SMILES string of the molecule is COP(=O)(OC)c1[nH]nc(C#N)c1-c1ccccc1B(O)O.